The molecule has 5 rings (SSSR count). The maximum atomic E-state index is 10.9. The van der Waals surface area contributed by atoms with Gasteiger partial charge in [-0.1, -0.05) is 35.0 Å². The number of carboxylic acids is 1. The molecule has 0 atom stereocenters. The van der Waals surface area contributed by atoms with Gasteiger partial charge in [0, 0.05) is 53.9 Å². The van der Waals surface area contributed by atoms with Gasteiger partial charge in [0.25, 0.3) is 5.89 Å². The predicted molar refractivity (Wildman–Crippen MR) is 127 cm³/mol. The molecule has 4 aromatic rings. The third kappa shape index (κ3) is 4.14. The van der Waals surface area contributed by atoms with Crippen LogP contribution in [0, 0.1) is 0 Å². The molecule has 1 N–H and O–H groups in total. The fourth-order valence-electron chi connectivity index (χ4n) is 4.55. The molecule has 33 heavy (non-hydrogen) atoms. The third-order valence-corrected chi connectivity index (χ3v) is 6.54. The average molecular weight is 465 g/mol. The zero-order valence-corrected chi connectivity index (χ0v) is 19.3. The van der Waals surface area contributed by atoms with Gasteiger partial charge in [-0.15, -0.1) is 0 Å². The maximum absolute atomic E-state index is 10.9. The largest absolute Gasteiger partial charge is 0.481 e. The summed E-state index contributed by atoms with van der Waals surface area (Å²) in [4.78, 5) is 17.8. The van der Waals surface area contributed by atoms with E-state index in [9.17, 15) is 4.79 Å². The van der Waals surface area contributed by atoms with E-state index in [1.54, 1.807) is 0 Å². The van der Waals surface area contributed by atoms with Crippen LogP contribution in [-0.4, -0.2) is 43.8 Å². The molecule has 0 fully saturated rings. The van der Waals surface area contributed by atoms with Crippen LogP contribution in [0.4, 0.5) is 0 Å². The predicted octanol–water partition coefficient (Wildman–Crippen LogP) is 5.43. The number of benzene rings is 2. The fourth-order valence-corrected chi connectivity index (χ4v) is 4.80. The number of rotatable bonds is 6. The number of halogens is 1. The molecular formula is C25H25ClN4O3. The molecule has 2 aromatic heterocycles. The number of aromatic nitrogens is 3. The van der Waals surface area contributed by atoms with Crippen molar-refractivity contribution in [2.45, 2.75) is 39.3 Å². The lowest BCUT2D eigenvalue weighted by Crippen LogP contribution is -2.32. The van der Waals surface area contributed by atoms with Crippen molar-refractivity contribution >= 4 is 28.5 Å². The Bertz CT molecular complexity index is 1340. The van der Waals surface area contributed by atoms with Crippen molar-refractivity contribution in [3.8, 4) is 22.8 Å². The first-order valence-corrected chi connectivity index (χ1v) is 11.5. The number of fused-ring (bicyclic) bond motifs is 2. The van der Waals surface area contributed by atoms with Gasteiger partial charge in [0.05, 0.1) is 11.4 Å². The van der Waals surface area contributed by atoms with E-state index in [2.05, 4.69) is 34.5 Å². The van der Waals surface area contributed by atoms with Crippen molar-refractivity contribution in [1.82, 2.24) is 19.6 Å². The highest BCUT2D eigenvalue weighted by molar-refractivity contribution is 6.35. The van der Waals surface area contributed by atoms with Crippen LogP contribution in [0.1, 0.15) is 37.4 Å². The van der Waals surface area contributed by atoms with Crippen LogP contribution in [-0.2, 0) is 17.8 Å². The van der Waals surface area contributed by atoms with Gasteiger partial charge in [-0.3, -0.25) is 9.69 Å². The first-order valence-electron chi connectivity index (χ1n) is 11.1. The summed E-state index contributed by atoms with van der Waals surface area (Å²) in [6.07, 6.45) is 2.92. The van der Waals surface area contributed by atoms with Gasteiger partial charge < -0.3 is 14.2 Å². The lowest BCUT2D eigenvalue weighted by molar-refractivity contribution is -0.137. The average Bonchev–Trinajstić information content (AvgIpc) is 3.42. The number of hydrogen-bond donors (Lipinski definition) is 1. The molecule has 170 valence electrons. The van der Waals surface area contributed by atoms with E-state index in [1.807, 2.05) is 36.5 Å². The summed E-state index contributed by atoms with van der Waals surface area (Å²) in [5.74, 6) is 0.248. The number of carbonyl (C=O) groups is 1. The summed E-state index contributed by atoms with van der Waals surface area (Å²) in [5, 5.41) is 14.9. The second-order valence-electron chi connectivity index (χ2n) is 8.75. The molecule has 7 nitrogen and oxygen atoms in total. The van der Waals surface area contributed by atoms with Gasteiger partial charge in [0.1, 0.15) is 0 Å². The number of carboxylic acid groups (broad SMARTS) is 1. The normalized spacial score (nSPS) is 14.2. The lowest BCUT2D eigenvalue weighted by atomic mass is 9.94. The summed E-state index contributed by atoms with van der Waals surface area (Å²) in [7, 11) is 0. The van der Waals surface area contributed by atoms with Crippen molar-refractivity contribution in [2.24, 2.45) is 0 Å². The standard InChI is InChI=1S/C25H25ClN4O3/c1-15(2)30-14-21(26)20-12-16(6-7-22(20)30)25-27-24(28-33-25)19-5-3-4-17-13-29(10-8-18(17)19)11-9-23(31)32/h3-7,12,14-15H,8-11,13H2,1-2H3,(H,31,32). The van der Waals surface area contributed by atoms with Gasteiger partial charge in [-0.2, -0.15) is 4.98 Å². The van der Waals surface area contributed by atoms with Crippen molar-refractivity contribution in [2.75, 3.05) is 13.1 Å². The van der Waals surface area contributed by atoms with E-state index in [4.69, 9.17) is 26.2 Å². The van der Waals surface area contributed by atoms with E-state index < -0.39 is 5.97 Å². The molecule has 2 aromatic carbocycles. The Morgan fingerprint density at radius 3 is 2.91 bits per heavy atom. The van der Waals surface area contributed by atoms with Crippen molar-refractivity contribution in [1.29, 1.82) is 0 Å². The second-order valence-corrected chi connectivity index (χ2v) is 9.15. The highest BCUT2D eigenvalue weighted by Crippen LogP contribution is 2.34. The van der Waals surface area contributed by atoms with Gasteiger partial charge in [-0.05, 0) is 49.6 Å². The first kappa shape index (κ1) is 21.7. The molecule has 0 radical (unpaired) electrons. The van der Waals surface area contributed by atoms with E-state index >= 15 is 0 Å². The Hall–Kier alpha value is -3.16. The highest BCUT2D eigenvalue weighted by Gasteiger charge is 2.22. The Morgan fingerprint density at radius 2 is 2.12 bits per heavy atom. The minimum atomic E-state index is -0.769. The zero-order chi connectivity index (χ0) is 23.1. The van der Waals surface area contributed by atoms with Gasteiger partial charge in [-0.25, -0.2) is 0 Å². The molecule has 3 heterocycles. The first-order chi connectivity index (χ1) is 15.9. The summed E-state index contributed by atoms with van der Waals surface area (Å²) in [6, 6.07) is 12.4. The molecule has 0 spiro atoms. The van der Waals surface area contributed by atoms with Crippen LogP contribution in [0.3, 0.4) is 0 Å². The zero-order valence-electron chi connectivity index (χ0n) is 18.6. The van der Waals surface area contributed by atoms with Crippen molar-refractivity contribution in [3.63, 3.8) is 0 Å². The Morgan fingerprint density at radius 1 is 1.27 bits per heavy atom. The quantitative estimate of drug-likeness (QED) is 0.410. The molecule has 0 saturated heterocycles. The molecule has 1 aliphatic heterocycles. The molecular weight excluding hydrogens is 440 g/mol. The summed E-state index contributed by atoms with van der Waals surface area (Å²) in [5.41, 5.74) is 5.24. The molecule has 0 bridgehead atoms. The Kier molecular flexibility index (Phi) is 5.68. The molecule has 0 unspecified atom stereocenters. The second kappa shape index (κ2) is 8.65. The highest BCUT2D eigenvalue weighted by atomic mass is 35.5. The van der Waals surface area contributed by atoms with Crippen molar-refractivity contribution < 1.29 is 14.4 Å². The minimum Gasteiger partial charge on any atom is -0.481 e. The summed E-state index contributed by atoms with van der Waals surface area (Å²) >= 11 is 6.49. The van der Waals surface area contributed by atoms with Crippen LogP contribution < -0.4 is 0 Å². The number of hydrogen-bond acceptors (Lipinski definition) is 5. The van der Waals surface area contributed by atoms with Crippen molar-refractivity contribution in [3.05, 3.63) is 58.7 Å². The van der Waals surface area contributed by atoms with E-state index in [1.165, 1.54) is 11.1 Å². The van der Waals surface area contributed by atoms with Crippen LogP contribution >= 0.6 is 11.6 Å². The van der Waals surface area contributed by atoms with Crippen LogP contribution in [0.25, 0.3) is 33.7 Å². The van der Waals surface area contributed by atoms with E-state index in [0.717, 1.165) is 41.5 Å². The monoisotopic (exact) mass is 464 g/mol. The lowest BCUT2D eigenvalue weighted by Gasteiger charge is -2.29. The SMILES string of the molecule is CC(C)n1cc(Cl)c2cc(-c3nc(-c4cccc5c4CCN(CCC(=O)O)C5)no3)ccc21. The van der Waals surface area contributed by atoms with Crippen LogP contribution in [0.15, 0.2) is 47.1 Å². The molecule has 0 saturated carbocycles. The maximum Gasteiger partial charge on any atom is 0.304 e. The molecule has 8 heteroatoms. The Labute approximate surface area is 196 Å². The smallest absolute Gasteiger partial charge is 0.304 e. The van der Waals surface area contributed by atoms with Gasteiger partial charge in [0.2, 0.25) is 5.82 Å². The molecule has 0 aliphatic carbocycles. The van der Waals surface area contributed by atoms with Gasteiger partial charge in [0.15, 0.2) is 0 Å². The topological polar surface area (TPSA) is 84.4 Å². The fraction of sp³-hybridized carbons (Fsp3) is 0.320. The number of aliphatic carboxylic acids is 1. The summed E-state index contributed by atoms with van der Waals surface area (Å²) in [6.45, 7) is 6.34. The minimum absolute atomic E-state index is 0.151. The Balaban J connectivity index is 1.44. The third-order valence-electron chi connectivity index (χ3n) is 6.24. The molecule has 1 aliphatic rings. The molecule has 0 amide bonds. The summed E-state index contributed by atoms with van der Waals surface area (Å²) < 4.78 is 7.79. The van der Waals surface area contributed by atoms with E-state index in [-0.39, 0.29) is 6.42 Å². The van der Waals surface area contributed by atoms with E-state index in [0.29, 0.717) is 29.3 Å². The van der Waals surface area contributed by atoms with Crippen LogP contribution in [0.5, 0.6) is 0 Å². The van der Waals surface area contributed by atoms with Gasteiger partial charge >= 0.3 is 5.97 Å². The van der Waals surface area contributed by atoms with Crippen LogP contribution in [0.2, 0.25) is 5.02 Å². The number of nitrogens with zero attached hydrogens (tertiary/aromatic N) is 4.